The highest BCUT2D eigenvalue weighted by molar-refractivity contribution is 7.20. The topological polar surface area (TPSA) is 61.9 Å². The number of H-pyrrole nitrogens is 1. The molecule has 24 heavy (non-hydrogen) atoms. The van der Waals surface area contributed by atoms with Gasteiger partial charge in [0.25, 0.3) is 5.91 Å². The molecular formula is C18H14N4OS. The average molecular weight is 334 g/mol. The second-order valence-corrected chi connectivity index (χ2v) is 7.06. The molecule has 1 aliphatic rings. The molecule has 0 unspecified atom stereocenters. The number of nitrogens with zero attached hydrogens (tertiary/aromatic N) is 3. The zero-order valence-electron chi connectivity index (χ0n) is 12.8. The number of nitrogens with one attached hydrogen (secondary N) is 1. The Balaban J connectivity index is 1.34. The molecule has 0 bridgehead atoms. The maximum atomic E-state index is 12.6. The van der Waals surface area contributed by atoms with Gasteiger partial charge in [-0.25, -0.2) is 9.97 Å². The summed E-state index contributed by atoms with van der Waals surface area (Å²) in [6.45, 7) is 1.38. The fourth-order valence-corrected chi connectivity index (χ4v) is 4.02. The van der Waals surface area contributed by atoms with E-state index in [0.29, 0.717) is 18.1 Å². The van der Waals surface area contributed by atoms with Crippen LogP contribution in [0.3, 0.4) is 0 Å². The lowest BCUT2D eigenvalue weighted by atomic mass is 9.99. The largest absolute Gasteiger partial charge is 0.342 e. The molecule has 118 valence electrons. The van der Waals surface area contributed by atoms with Crippen LogP contribution in [0, 0.1) is 0 Å². The van der Waals surface area contributed by atoms with E-state index in [4.69, 9.17) is 0 Å². The van der Waals surface area contributed by atoms with Gasteiger partial charge in [0.1, 0.15) is 5.82 Å². The summed E-state index contributed by atoms with van der Waals surface area (Å²) in [6, 6.07) is 15.8. The van der Waals surface area contributed by atoms with E-state index < -0.39 is 0 Å². The van der Waals surface area contributed by atoms with Crippen molar-refractivity contribution in [2.45, 2.75) is 5.92 Å². The summed E-state index contributed by atoms with van der Waals surface area (Å²) in [7, 11) is 0. The van der Waals surface area contributed by atoms with Gasteiger partial charge >= 0.3 is 0 Å². The van der Waals surface area contributed by atoms with Crippen molar-refractivity contribution in [3.05, 3.63) is 59.4 Å². The predicted octanol–water partition coefficient (Wildman–Crippen LogP) is 3.41. The van der Waals surface area contributed by atoms with Crippen LogP contribution in [0.5, 0.6) is 0 Å². The third kappa shape index (κ3) is 2.11. The summed E-state index contributed by atoms with van der Waals surface area (Å²) in [5, 5.41) is 0.569. The Labute approximate surface area is 142 Å². The van der Waals surface area contributed by atoms with Crippen molar-refractivity contribution in [1.29, 1.82) is 0 Å². The van der Waals surface area contributed by atoms with Crippen LogP contribution in [-0.4, -0.2) is 38.8 Å². The molecule has 4 aromatic rings. The predicted molar refractivity (Wildman–Crippen MR) is 94.4 cm³/mol. The van der Waals surface area contributed by atoms with Crippen LogP contribution in [0.4, 0.5) is 0 Å². The van der Waals surface area contributed by atoms with Crippen molar-refractivity contribution >= 4 is 38.5 Å². The zero-order chi connectivity index (χ0) is 16.1. The summed E-state index contributed by atoms with van der Waals surface area (Å²) in [5.41, 5.74) is 2.91. The first-order valence-electron chi connectivity index (χ1n) is 7.87. The standard InChI is InChI=1S/C18H14N4OS/c23-18(17-21-14-7-3-4-8-15(14)24-17)22-9-11(10-22)16-19-12-5-1-2-6-13(12)20-16/h1-8,11H,9-10H2,(H,19,20). The molecule has 1 saturated heterocycles. The minimum atomic E-state index is 0.0172. The molecule has 2 aromatic heterocycles. The van der Waals surface area contributed by atoms with Crippen LogP contribution < -0.4 is 0 Å². The SMILES string of the molecule is O=C(c1nc2ccccc2s1)N1CC(c2nc3ccccc3[nH]2)C1. The maximum Gasteiger partial charge on any atom is 0.282 e. The van der Waals surface area contributed by atoms with E-state index in [2.05, 4.69) is 15.0 Å². The van der Waals surface area contributed by atoms with Crippen LogP contribution in [0.1, 0.15) is 21.5 Å². The number of para-hydroxylation sites is 3. The van der Waals surface area contributed by atoms with E-state index >= 15 is 0 Å². The number of aromatic amines is 1. The Kier molecular flexibility index (Phi) is 2.93. The number of amides is 1. The quantitative estimate of drug-likeness (QED) is 0.611. The van der Waals surface area contributed by atoms with Gasteiger partial charge in [-0.15, -0.1) is 11.3 Å². The van der Waals surface area contributed by atoms with Crippen molar-refractivity contribution < 1.29 is 4.79 Å². The maximum absolute atomic E-state index is 12.6. The monoisotopic (exact) mass is 334 g/mol. The average Bonchev–Trinajstić information content (AvgIpc) is 3.17. The number of carbonyl (C=O) groups is 1. The number of hydrogen-bond donors (Lipinski definition) is 1. The van der Waals surface area contributed by atoms with E-state index in [1.807, 2.05) is 53.4 Å². The Hall–Kier alpha value is -2.73. The van der Waals surface area contributed by atoms with E-state index in [1.54, 1.807) is 0 Å². The number of rotatable bonds is 2. The van der Waals surface area contributed by atoms with Gasteiger partial charge in [0.15, 0.2) is 5.01 Å². The number of aromatic nitrogens is 3. The van der Waals surface area contributed by atoms with Gasteiger partial charge in [0.2, 0.25) is 0 Å². The van der Waals surface area contributed by atoms with Crippen LogP contribution in [0.25, 0.3) is 21.3 Å². The zero-order valence-corrected chi connectivity index (χ0v) is 13.6. The molecule has 2 aromatic carbocycles. The lowest BCUT2D eigenvalue weighted by molar-refractivity contribution is 0.0595. The Morgan fingerprint density at radius 3 is 2.58 bits per heavy atom. The number of imidazole rings is 1. The highest BCUT2D eigenvalue weighted by Crippen LogP contribution is 2.30. The highest BCUT2D eigenvalue weighted by atomic mass is 32.1. The minimum Gasteiger partial charge on any atom is -0.342 e. The summed E-state index contributed by atoms with van der Waals surface area (Å²) in [4.78, 5) is 26.9. The molecule has 1 aliphatic heterocycles. The molecule has 1 amide bonds. The minimum absolute atomic E-state index is 0.0172. The number of thiazole rings is 1. The first-order chi connectivity index (χ1) is 11.8. The van der Waals surface area contributed by atoms with Crippen LogP contribution in [-0.2, 0) is 0 Å². The molecule has 0 spiro atoms. The van der Waals surface area contributed by atoms with Crippen molar-refractivity contribution in [2.75, 3.05) is 13.1 Å². The Bertz CT molecular complexity index is 995. The molecule has 6 heteroatoms. The summed E-state index contributed by atoms with van der Waals surface area (Å²) in [5.74, 6) is 1.25. The summed E-state index contributed by atoms with van der Waals surface area (Å²) < 4.78 is 1.05. The molecule has 0 radical (unpaired) electrons. The van der Waals surface area contributed by atoms with Crippen LogP contribution >= 0.6 is 11.3 Å². The van der Waals surface area contributed by atoms with Gasteiger partial charge in [-0.3, -0.25) is 4.79 Å². The third-order valence-electron chi connectivity index (χ3n) is 4.44. The molecule has 0 atom stereocenters. The van der Waals surface area contributed by atoms with Crippen molar-refractivity contribution in [2.24, 2.45) is 0 Å². The lowest BCUT2D eigenvalue weighted by Gasteiger charge is -2.37. The van der Waals surface area contributed by atoms with Crippen LogP contribution in [0.2, 0.25) is 0 Å². The van der Waals surface area contributed by atoms with Gasteiger partial charge in [-0.05, 0) is 24.3 Å². The smallest absolute Gasteiger partial charge is 0.282 e. The van der Waals surface area contributed by atoms with Gasteiger partial charge in [-0.2, -0.15) is 0 Å². The van der Waals surface area contributed by atoms with E-state index in [1.165, 1.54) is 11.3 Å². The Morgan fingerprint density at radius 2 is 1.79 bits per heavy atom. The molecule has 0 saturated carbocycles. The fraction of sp³-hybridized carbons (Fsp3) is 0.167. The van der Waals surface area contributed by atoms with E-state index in [0.717, 1.165) is 27.1 Å². The molecule has 3 heterocycles. The second-order valence-electron chi connectivity index (χ2n) is 6.03. The first kappa shape index (κ1) is 13.7. The van der Waals surface area contributed by atoms with Gasteiger partial charge in [-0.1, -0.05) is 24.3 Å². The molecule has 5 nitrogen and oxygen atoms in total. The van der Waals surface area contributed by atoms with Gasteiger partial charge in [0.05, 0.1) is 27.2 Å². The fourth-order valence-electron chi connectivity index (χ4n) is 3.08. The number of fused-ring (bicyclic) bond motifs is 2. The van der Waals surface area contributed by atoms with Gasteiger partial charge < -0.3 is 9.88 Å². The van der Waals surface area contributed by atoms with Crippen molar-refractivity contribution in [1.82, 2.24) is 19.9 Å². The summed E-state index contributed by atoms with van der Waals surface area (Å²) >= 11 is 1.46. The molecule has 0 aliphatic carbocycles. The number of hydrogen-bond acceptors (Lipinski definition) is 4. The van der Waals surface area contributed by atoms with Crippen molar-refractivity contribution in [3.8, 4) is 0 Å². The third-order valence-corrected chi connectivity index (χ3v) is 5.46. The molecular weight excluding hydrogens is 320 g/mol. The van der Waals surface area contributed by atoms with E-state index in [-0.39, 0.29) is 11.8 Å². The number of likely N-dealkylation sites (tertiary alicyclic amines) is 1. The second kappa shape index (κ2) is 5.14. The van der Waals surface area contributed by atoms with E-state index in [9.17, 15) is 4.79 Å². The highest BCUT2D eigenvalue weighted by Gasteiger charge is 2.35. The van der Waals surface area contributed by atoms with Crippen LogP contribution in [0.15, 0.2) is 48.5 Å². The molecule has 5 rings (SSSR count). The normalized spacial score (nSPS) is 15.1. The molecule has 1 fully saturated rings. The molecule has 1 N–H and O–H groups in total. The summed E-state index contributed by atoms with van der Waals surface area (Å²) in [6.07, 6.45) is 0. The number of carbonyl (C=O) groups excluding carboxylic acids is 1. The first-order valence-corrected chi connectivity index (χ1v) is 8.69. The Morgan fingerprint density at radius 1 is 1.04 bits per heavy atom. The lowest BCUT2D eigenvalue weighted by Crippen LogP contribution is -2.48. The van der Waals surface area contributed by atoms with Crippen molar-refractivity contribution in [3.63, 3.8) is 0 Å². The number of benzene rings is 2. The van der Waals surface area contributed by atoms with Gasteiger partial charge in [0, 0.05) is 13.1 Å².